The van der Waals surface area contributed by atoms with E-state index in [9.17, 15) is 14.4 Å². The van der Waals surface area contributed by atoms with Crippen LogP contribution in [0.5, 0.6) is 0 Å². The lowest BCUT2D eigenvalue weighted by molar-refractivity contribution is -0.114. The predicted molar refractivity (Wildman–Crippen MR) is 104 cm³/mol. The van der Waals surface area contributed by atoms with Gasteiger partial charge in [-0.15, -0.1) is 0 Å². The maximum absolute atomic E-state index is 12.4. The monoisotopic (exact) mass is 405 g/mol. The number of carbonyl (C=O) groups is 3. The van der Waals surface area contributed by atoms with E-state index in [0.29, 0.717) is 18.3 Å². The van der Waals surface area contributed by atoms with Gasteiger partial charge in [-0.1, -0.05) is 11.3 Å². The van der Waals surface area contributed by atoms with Crippen LogP contribution >= 0.6 is 11.3 Å². The molecule has 0 aliphatic heterocycles. The minimum absolute atomic E-state index is 0.0955. The standard InChI is InChI=1S/C17H19N5O5S/c1-4-27-8-13-9(2)19-17(28-13)20-15(24)14(10(3)23)22-21-12-5-6-18-7-11(12)16(25)26/h5-7H,4,8H2,1-3H3,(H,18,21)(H,25,26)(H,19,20,24)/b22-14+. The van der Waals surface area contributed by atoms with Crippen LogP contribution in [0.4, 0.5) is 10.8 Å². The molecule has 0 aliphatic rings. The van der Waals surface area contributed by atoms with E-state index in [1.165, 1.54) is 30.5 Å². The van der Waals surface area contributed by atoms with E-state index in [0.717, 1.165) is 16.8 Å². The number of nitrogens with one attached hydrogen (secondary N) is 2. The second-order valence-corrected chi connectivity index (χ2v) is 6.56. The number of pyridine rings is 1. The molecule has 0 atom stereocenters. The number of amides is 1. The molecule has 0 aliphatic carbocycles. The largest absolute Gasteiger partial charge is 0.478 e. The third kappa shape index (κ3) is 5.41. The summed E-state index contributed by atoms with van der Waals surface area (Å²) in [6.45, 7) is 5.78. The van der Waals surface area contributed by atoms with Crippen LogP contribution in [-0.4, -0.2) is 45.1 Å². The Hall–Kier alpha value is -3.18. The van der Waals surface area contributed by atoms with Crippen molar-refractivity contribution >= 4 is 45.5 Å². The summed E-state index contributed by atoms with van der Waals surface area (Å²) < 4.78 is 5.34. The van der Waals surface area contributed by atoms with Gasteiger partial charge in [-0.2, -0.15) is 5.10 Å². The third-order valence-electron chi connectivity index (χ3n) is 3.44. The van der Waals surface area contributed by atoms with Crippen LogP contribution < -0.4 is 10.7 Å². The number of carboxylic acids is 1. The van der Waals surface area contributed by atoms with Crippen LogP contribution in [0.2, 0.25) is 0 Å². The van der Waals surface area contributed by atoms with Crippen LogP contribution in [0.25, 0.3) is 0 Å². The van der Waals surface area contributed by atoms with Gasteiger partial charge in [0.15, 0.2) is 16.6 Å². The number of aromatic nitrogens is 2. The molecule has 2 rings (SSSR count). The van der Waals surface area contributed by atoms with Gasteiger partial charge in [0.05, 0.1) is 22.9 Å². The van der Waals surface area contributed by atoms with Crippen molar-refractivity contribution in [1.29, 1.82) is 0 Å². The van der Waals surface area contributed by atoms with Crippen LogP contribution in [0.1, 0.15) is 34.8 Å². The molecule has 2 aromatic rings. The molecule has 10 nitrogen and oxygen atoms in total. The molecule has 0 unspecified atom stereocenters. The number of anilines is 2. The molecule has 148 valence electrons. The Bertz CT molecular complexity index is 924. The molecule has 2 heterocycles. The number of carbonyl (C=O) groups excluding carboxylic acids is 2. The first-order valence-electron chi connectivity index (χ1n) is 8.20. The number of hydrogen-bond donors (Lipinski definition) is 3. The van der Waals surface area contributed by atoms with E-state index < -0.39 is 23.4 Å². The molecule has 28 heavy (non-hydrogen) atoms. The van der Waals surface area contributed by atoms with Crippen molar-refractivity contribution in [2.24, 2.45) is 5.10 Å². The summed E-state index contributed by atoms with van der Waals surface area (Å²) in [7, 11) is 0. The summed E-state index contributed by atoms with van der Waals surface area (Å²) in [4.78, 5) is 44.3. The fourth-order valence-corrected chi connectivity index (χ4v) is 2.93. The smallest absolute Gasteiger partial charge is 0.339 e. The normalized spacial score (nSPS) is 11.2. The van der Waals surface area contributed by atoms with Gasteiger partial charge in [0.2, 0.25) is 0 Å². The second-order valence-electron chi connectivity index (χ2n) is 5.47. The summed E-state index contributed by atoms with van der Waals surface area (Å²) in [5, 5.41) is 15.8. The fraction of sp³-hybridized carbons (Fsp3) is 0.294. The summed E-state index contributed by atoms with van der Waals surface area (Å²) in [5.41, 5.74) is 2.68. The third-order valence-corrected chi connectivity index (χ3v) is 4.48. The molecule has 0 spiro atoms. The van der Waals surface area contributed by atoms with Gasteiger partial charge in [0, 0.05) is 25.9 Å². The molecule has 1 amide bonds. The lowest BCUT2D eigenvalue weighted by Gasteiger charge is -2.06. The minimum Gasteiger partial charge on any atom is -0.478 e. The lowest BCUT2D eigenvalue weighted by Crippen LogP contribution is -2.29. The Morgan fingerprint density at radius 2 is 2.11 bits per heavy atom. The first-order valence-corrected chi connectivity index (χ1v) is 9.02. The zero-order valence-corrected chi connectivity index (χ0v) is 16.3. The summed E-state index contributed by atoms with van der Waals surface area (Å²) in [5.74, 6) is -2.58. The molecule has 11 heteroatoms. The number of nitrogens with zero attached hydrogens (tertiary/aromatic N) is 3. The van der Waals surface area contributed by atoms with E-state index in [2.05, 4.69) is 25.8 Å². The van der Waals surface area contributed by atoms with Gasteiger partial charge < -0.3 is 9.84 Å². The number of Topliss-reactive ketones (excluding diaryl/α,β-unsaturated/α-hetero) is 1. The SMILES string of the molecule is CCOCc1sc(NC(=O)/C(=N/Nc2ccncc2C(=O)O)C(C)=O)nc1C. The van der Waals surface area contributed by atoms with E-state index in [1.807, 2.05) is 6.92 Å². The molecule has 0 bridgehead atoms. The highest BCUT2D eigenvalue weighted by Crippen LogP contribution is 2.23. The number of carboxylic acid groups (broad SMARTS) is 1. The van der Waals surface area contributed by atoms with Crippen molar-refractivity contribution < 1.29 is 24.2 Å². The van der Waals surface area contributed by atoms with E-state index in [-0.39, 0.29) is 11.3 Å². The molecule has 3 N–H and O–H groups in total. The Labute approximate surface area is 164 Å². The zero-order chi connectivity index (χ0) is 20.7. The van der Waals surface area contributed by atoms with E-state index >= 15 is 0 Å². The molecular weight excluding hydrogens is 386 g/mol. The molecular formula is C17H19N5O5S. The number of ketones is 1. The summed E-state index contributed by atoms with van der Waals surface area (Å²) >= 11 is 1.24. The zero-order valence-electron chi connectivity index (χ0n) is 15.5. The number of hydrogen-bond acceptors (Lipinski definition) is 9. The van der Waals surface area contributed by atoms with Crippen molar-refractivity contribution in [2.45, 2.75) is 27.4 Å². The number of ether oxygens (including phenoxy) is 1. The highest BCUT2D eigenvalue weighted by atomic mass is 32.1. The van der Waals surface area contributed by atoms with Crippen molar-refractivity contribution in [2.75, 3.05) is 17.3 Å². The Morgan fingerprint density at radius 3 is 2.75 bits per heavy atom. The minimum atomic E-state index is -1.22. The fourth-order valence-electron chi connectivity index (χ4n) is 2.03. The Kier molecular flexibility index (Phi) is 7.29. The van der Waals surface area contributed by atoms with Gasteiger partial charge in [-0.05, 0) is 19.9 Å². The number of aryl methyl sites for hydroxylation is 1. The average Bonchev–Trinajstić information content (AvgIpc) is 2.99. The molecule has 0 saturated carbocycles. The van der Waals surface area contributed by atoms with Gasteiger partial charge >= 0.3 is 5.97 Å². The first kappa shape index (κ1) is 21.1. The van der Waals surface area contributed by atoms with Crippen LogP contribution in [0, 0.1) is 6.92 Å². The number of aromatic carboxylic acids is 1. The summed E-state index contributed by atoms with van der Waals surface area (Å²) in [6.07, 6.45) is 2.49. The van der Waals surface area contributed by atoms with Crippen LogP contribution in [0.3, 0.4) is 0 Å². The first-order chi connectivity index (χ1) is 13.3. The van der Waals surface area contributed by atoms with Gasteiger partial charge in [0.1, 0.15) is 5.56 Å². The van der Waals surface area contributed by atoms with Gasteiger partial charge in [-0.25, -0.2) is 9.78 Å². The highest BCUT2D eigenvalue weighted by molar-refractivity contribution is 7.16. The average molecular weight is 405 g/mol. The van der Waals surface area contributed by atoms with E-state index in [4.69, 9.17) is 9.84 Å². The lowest BCUT2D eigenvalue weighted by atomic mass is 10.2. The summed E-state index contributed by atoms with van der Waals surface area (Å²) in [6, 6.07) is 1.37. The molecule has 0 fully saturated rings. The maximum atomic E-state index is 12.4. The number of thiazole rings is 1. The van der Waals surface area contributed by atoms with Crippen molar-refractivity contribution in [1.82, 2.24) is 9.97 Å². The van der Waals surface area contributed by atoms with Crippen molar-refractivity contribution in [3.05, 3.63) is 34.6 Å². The Morgan fingerprint density at radius 1 is 1.36 bits per heavy atom. The number of rotatable bonds is 9. The Balaban J connectivity index is 2.18. The maximum Gasteiger partial charge on any atom is 0.339 e. The van der Waals surface area contributed by atoms with Gasteiger partial charge in [0.25, 0.3) is 5.91 Å². The van der Waals surface area contributed by atoms with Crippen LogP contribution in [-0.2, 0) is 20.9 Å². The quantitative estimate of drug-likeness (QED) is 0.327. The topological polar surface area (TPSA) is 143 Å². The molecule has 0 radical (unpaired) electrons. The predicted octanol–water partition coefficient (Wildman–Crippen LogP) is 2.08. The highest BCUT2D eigenvalue weighted by Gasteiger charge is 2.20. The molecule has 2 aromatic heterocycles. The van der Waals surface area contributed by atoms with Crippen LogP contribution in [0.15, 0.2) is 23.6 Å². The second kappa shape index (κ2) is 9.67. The van der Waals surface area contributed by atoms with E-state index in [1.54, 1.807) is 6.92 Å². The molecule has 0 saturated heterocycles. The van der Waals surface area contributed by atoms with Gasteiger partial charge in [-0.3, -0.25) is 25.3 Å². The number of hydrazone groups is 1. The van der Waals surface area contributed by atoms with Crippen molar-refractivity contribution in [3.63, 3.8) is 0 Å². The molecule has 0 aromatic carbocycles. The van der Waals surface area contributed by atoms with Crippen molar-refractivity contribution in [3.8, 4) is 0 Å².